The van der Waals surface area contributed by atoms with Crippen molar-refractivity contribution in [3.63, 3.8) is 0 Å². The number of benzene rings is 1. The van der Waals surface area contributed by atoms with Crippen LogP contribution in [0.1, 0.15) is 70.9 Å². The highest BCUT2D eigenvalue weighted by atomic mass is 32.2. The molecule has 0 radical (unpaired) electrons. The summed E-state index contributed by atoms with van der Waals surface area (Å²) in [4.78, 5) is 2.46. The zero-order valence-corrected chi connectivity index (χ0v) is 20.4. The summed E-state index contributed by atoms with van der Waals surface area (Å²) in [5.74, 6) is 1.49. The van der Waals surface area contributed by atoms with E-state index in [0.717, 1.165) is 38.3 Å². The first kappa shape index (κ1) is 23.6. The predicted octanol–water partition coefficient (Wildman–Crippen LogP) is 5.17. The topological polar surface area (TPSA) is 46.6 Å². The van der Waals surface area contributed by atoms with E-state index in [1.54, 1.807) is 13.8 Å². The van der Waals surface area contributed by atoms with Crippen LogP contribution in [0.5, 0.6) is 0 Å². The monoisotopic (exact) mass is 435 g/mol. The van der Waals surface area contributed by atoms with Gasteiger partial charge in [-0.3, -0.25) is 0 Å². The molecule has 4 nitrogen and oxygen atoms in total. The highest BCUT2D eigenvalue weighted by Crippen LogP contribution is 2.33. The maximum Gasteiger partial charge on any atom is 0.152 e. The van der Waals surface area contributed by atoms with Gasteiger partial charge in [-0.1, -0.05) is 25.0 Å². The fraction of sp³-hybridized carbons (Fsp3) is 0.760. The summed E-state index contributed by atoms with van der Waals surface area (Å²) in [5.41, 5.74) is 4.12. The molecule has 1 saturated carbocycles. The molecule has 0 spiro atoms. The van der Waals surface area contributed by atoms with Gasteiger partial charge in [0.2, 0.25) is 0 Å². The summed E-state index contributed by atoms with van der Waals surface area (Å²) in [6.07, 6.45) is 7.39. The van der Waals surface area contributed by atoms with E-state index in [4.69, 9.17) is 4.74 Å². The largest absolute Gasteiger partial charge is 0.372 e. The van der Waals surface area contributed by atoms with Crippen LogP contribution in [0.2, 0.25) is 0 Å². The summed E-state index contributed by atoms with van der Waals surface area (Å²) in [5, 5.41) is -0.245. The quantitative estimate of drug-likeness (QED) is 0.593. The van der Waals surface area contributed by atoms with E-state index in [-0.39, 0.29) is 17.5 Å². The molecule has 3 rings (SSSR count). The van der Waals surface area contributed by atoms with Gasteiger partial charge in [-0.15, -0.1) is 0 Å². The number of ether oxygens (including phenoxy) is 1. The Morgan fingerprint density at radius 3 is 2.20 bits per heavy atom. The van der Waals surface area contributed by atoms with Crippen LogP contribution in [0.3, 0.4) is 0 Å². The summed E-state index contributed by atoms with van der Waals surface area (Å²) >= 11 is 0. The van der Waals surface area contributed by atoms with Crippen LogP contribution >= 0.6 is 0 Å². The first-order chi connectivity index (χ1) is 14.1. The first-order valence-electron chi connectivity index (χ1n) is 11.9. The zero-order chi connectivity index (χ0) is 21.9. The Labute approximate surface area is 184 Å². The Kier molecular flexibility index (Phi) is 7.89. The van der Waals surface area contributed by atoms with Crippen molar-refractivity contribution in [1.82, 2.24) is 0 Å². The maximum atomic E-state index is 12.2. The second kappa shape index (κ2) is 10.0. The highest BCUT2D eigenvalue weighted by molar-refractivity contribution is 7.91. The van der Waals surface area contributed by atoms with E-state index in [1.165, 1.54) is 36.1 Å². The number of rotatable bonds is 7. The molecule has 2 aliphatic rings. The Morgan fingerprint density at radius 2 is 1.63 bits per heavy atom. The van der Waals surface area contributed by atoms with Gasteiger partial charge in [-0.05, 0) is 89.3 Å². The molecular weight excluding hydrogens is 394 g/mol. The number of anilines is 1. The number of aryl methyl sites for hydroxylation is 2. The van der Waals surface area contributed by atoms with E-state index in [0.29, 0.717) is 11.7 Å². The van der Waals surface area contributed by atoms with E-state index >= 15 is 0 Å². The molecule has 1 saturated heterocycles. The van der Waals surface area contributed by atoms with Crippen LogP contribution in [0, 0.1) is 18.8 Å². The third-order valence-corrected chi connectivity index (χ3v) is 9.39. The standard InChI is InChI=1S/C25H41NO3S/c1-18(2)30(27,28)17-24-10-7-22(8-11-24)6-9-23-12-13-25(19(3)14-23)26-15-20(4)29-21(5)16-26/h12-14,18,20-22,24H,6-11,15-17H2,1-5H3/t20-,21+,22?,24?. The molecule has 2 fully saturated rings. The van der Waals surface area contributed by atoms with Crippen molar-refractivity contribution >= 4 is 15.5 Å². The van der Waals surface area contributed by atoms with Gasteiger partial charge in [0.15, 0.2) is 9.84 Å². The van der Waals surface area contributed by atoms with Crippen molar-refractivity contribution in [3.8, 4) is 0 Å². The molecule has 170 valence electrons. The molecule has 30 heavy (non-hydrogen) atoms. The third kappa shape index (κ3) is 6.23. The molecule has 2 atom stereocenters. The number of hydrogen-bond acceptors (Lipinski definition) is 4. The van der Waals surface area contributed by atoms with E-state index in [9.17, 15) is 8.42 Å². The lowest BCUT2D eigenvalue weighted by Crippen LogP contribution is -2.45. The van der Waals surface area contributed by atoms with Gasteiger partial charge in [-0.2, -0.15) is 0 Å². The van der Waals surface area contributed by atoms with Crippen LogP contribution in [-0.2, 0) is 21.0 Å². The van der Waals surface area contributed by atoms with Gasteiger partial charge < -0.3 is 9.64 Å². The maximum absolute atomic E-state index is 12.2. The average Bonchev–Trinajstić information content (AvgIpc) is 2.66. The SMILES string of the molecule is Cc1cc(CCC2CCC(CS(=O)(=O)C(C)C)CC2)ccc1N1C[C@@H](C)O[C@@H](C)C1. The van der Waals surface area contributed by atoms with Crippen molar-refractivity contribution in [2.45, 2.75) is 90.6 Å². The number of hydrogen-bond donors (Lipinski definition) is 0. The zero-order valence-electron chi connectivity index (χ0n) is 19.6. The molecule has 1 heterocycles. The van der Waals surface area contributed by atoms with Crippen LogP contribution in [0.15, 0.2) is 18.2 Å². The van der Waals surface area contributed by atoms with Crippen LogP contribution < -0.4 is 4.90 Å². The summed E-state index contributed by atoms with van der Waals surface area (Å²) < 4.78 is 30.3. The summed E-state index contributed by atoms with van der Waals surface area (Å²) in [6.45, 7) is 12.0. The van der Waals surface area contributed by atoms with Gasteiger partial charge in [0, 0.05) is 18.8 Å². The Bertz CT molecular complexity index is 787. The first-order valence-corrected chi connectivity index (χ1v) is 13.6. The third-order valence-electron chi connectivity index (χ3n) is 7.02. The van der Waals surface area contributed by atoms with Gasteiger partial charge in [0.1, 0.15) is 0 Å². The Balaban J connectivity index is 1.48. The number of morpholine rings is 1. The molecule has 0 N–H and O–H groups in total. The van der Waals surface area contributed by atoms with E-state index in [1.807, 2.05) is 0 Å². The highest BCUT2D eigenvalue weighted by Gasteiger charge is 2.27. The Morgan fingerprint density at radius 1 is 1.03 bits per heavy atom. The molecular formula is C25H41NO3S. The average molecular weight is 436 g/mol. The van der Waals surface area contributed by atoms with Crippen molar-refractivity contribution in [2.24, 2.45) is 11.8 Å². The molecule has 0 aromatic heterocycles. The van der Waals surface area contributed by atoms with Crippen LogP contribution in [-0.4, -0.2) is 44.7 Å². The van der Waals surface area contributed by atoms with Gasteiger partial charge >= 0.3 is 0 Å². The molecule has 1 aliphatic carbocycles. The van der Waals surface area contributed by atoms with Crippen molar-refractivity contribution in [2.75, 3.05) is 23.7 Å². The van der Waals surface area contributed by atoms with Gasteiger partial charge in [0.25, 0.3) is 0 Å². The summed E-state index contributed by atoms with van der Waals surface area (Å²) in [6, 6.07) is 6.96. The fourth-order valence-electron chi connectivity index (χ4n) is 5.18. The molecule has 1 aromatic rings. The van der Waals surface area contributed by atoms with Crippen molar-refractivity contribution in [3.05, 3.63) is 29.3 Å². The minimum Gasteiger partial charge on any atom is -0.372 e. The normalized spacial score (nSPS) is 28.1. The second-order valence-electron chi connectivity index (χ2n) is 10.1. The fourth-order valence-corrected chi connectivity index (χ4v) is 6.56. The van der Waals surface area contributed by atoms with Crippen LogP contribution in [0.4, 0.5) is 5.69 Å². The van der Waals surface area contributed by atoms with Crippen molar-refractivity contribution < 1.29 is 13.2 Å². The van der Waals surface area contributed by atoms with Gasteiger partial charge in [-0.25, -0.2) is 8.42 Å². The predicted molar refractivity (Wildman–Crippen MR) is 126 cm³/mol. The lowest BCUT2D eigenvalue weighted by atomic mass is 9.80. The minimum atomic E-state index is -2.91. The minimum absolute atomic E-state index is 0.245. The smallest absolute Gasteiger partial charge is 0.152 e. The molecule has 0 amide bonds. The molecule has 0 unspecified atom stereocenters. The Hall–Kier alpha value is -1.07. The second-order valence-corrected chi connectivity index (χ2v) is 12.7. The van der Waals surface area contributed by atoms with Crippen LogP contribution in [0.25, 0.3) is 0 Å². The summed E-state index contributed by atoms with van der Waals surface area (Å²) in [7, 11) is -2.91. The molecule has 5 heteroatoms. The van der Waals surface area contributed by atoms with E-state index < -0.39 is 9.84 Å². The lowest BCUT2D eigenvalue weighted by Gasteiger charge is -2.37. The molecule has 1 aromatic carbocycles. The number of nitrogens with zero attached hydrogens (tertiary/aromatic N) is 1. The molecule has 1 aliphatic heterocycles. The van der Waals surface area contributed by atoms with Gasteiger partial charge in [0.05, 0.1) is 23.2 Å². The number of sulfone groups is 1. The van der Waals surface area contributed by atoms with Crippen molar-refractivity contribution in [1.29, 1.82) is 0 Å². The lowest BCUT2D eigenvalue weighted by molar-refractivity contribution is -0.00524. The van der Waals surface area contributed by atoms with E-state index in [2.05, 4.69) is 43.9 Å². The molecule has 0 bridgehead atoms.